The number of rotatable bonds is 8. The third-order valence-electron chi connectivity index (χ3n) is 5.47. The second-order valence-electron chi connectivity index (χ2n) is 8.09. The summed E-state index contributed by atoms with van der Waals surface area (Å²) in [5.74, 6) is 0.678. The summed E-state index contributed by atoms with van der Waals surface area (Å²) in [6, 6.07) is 11.4. The number of benzene rings is 1. The van der Waals surface area contributed by atoms with Crippen molar-refractivity contribution in [3.8, 4) is 11.4 Å². The first-order chi connectivity index (χ1) is 16.3. The average molecular weight is 462 g/mol. The molecule has 0 fully saturated rings. The maximum absolute atomic E-state index is 12.8. The fourth-order valence-electron chi connectivity index (χ4n) is 3.99. The summed E-state index contributed by atoms with van der Waals surface area (Å²) in [6.07, 6.45) is -0.139. The third-order valence-corrected chi connectivity index (χ3v) is 5.47. The molecule has 0 bridgehead atoms. The first-order valence-corrected chi connectivity index (χ1v) is 11.1. The standard InChI is InChI=1S/C25H27N5O4/c1-6-33-20-9-7-19(8-10-20)29-16(3)12-21(18(29)5)22(31)14-34-24(32)13-23-27-25-26-15(2)11-17(4)30(25)28-23/h7-12H,6,13-14H2,1-5H3. The number of fused-ring (bicyclic) bond motifs is 1. The van der Waals surface area contributed by atoms with Gasteiger partial charge < -0.3 is 14.0 Å². The van der Waals surface area contributed by atoms with Gasteiger partial charge in [-0.25, -0.2) is 9.50 Å². The molecular weight excluding hydrogens is 434 g/mol. The number of carbonyl (C=O) groups is 2. The summed E-state index contributed by atoms with van der Waals surface area (Å²) < 4.78 is 14.3. The van der Waals surface area contributed by atoms with Gasteiger partial charge in [0.15, 0.2) is 12.4 Å². The van der Waals surface area contributed by atoms with Crippen LogP contribution < -0.4 is 4.74 Å². The average Bonchev–Trinajstić information content (AvgIpc) is 3.32. The minimum Gasteiger partial charge on any atom is -0.494 e. The Morgan fingerprint density at radius 1 is 0.971 bits per heavy atom. The number of aromatic nitrogens is 5. The van der Waals surface area contributed by atoms with Crippen LogP contribution in [0.3, 0.4) is 0 Å². The lowest BCUT2D eigenvalue weighted by atomic mass is 10.1. The molecule has 0 aliphatic heterocycles. The normalized spacial score (nSPS) is 11.1. The van der Waals surface area contributed by atoms with Gasteiger partial charge in [0.2, 0.25) is 5.78 Å². The number of aryl methyl sites for hydroxylation is 3. The van der Waals surface area contributed by atoms with Crippen molar-refractivity contribution in [2.45, 2.75) is 41.0 Å². The van der Waals surface area contributed by atoms with Crippen molar-refractivity contribution in [2.75, 3.05) is 13.2 Å². The molecule has 0 spiro atoms. The van der Waals surface area contributed by atoms with Crippen LogP contribution in [0.4, 0.5) is 0 Å². The van der Waals surface area contributed by atoms with Crippen molar-refractivity contribution in [2.24, 2.45) is 0 Å². The van der Waals surface area contributed by atoms with Gasteiger partial charge in [0.1, 0.15) is 12.2 Å². The molecule has 34 heavy (non-hydrogen) atoms. The van der Waals surface area contributed by atoms with Crippen LogP contribution >= 0.6 is 0 Å². The number of nitrogens with zero attached hydrogens (tertiary/aromatic N) is 5. The Labute approximate surface area is 197 Å². The predicted molar refractivity (Wildman–Crippen MR) is 126 cm³/mol. The van der Waals surface area contributed by atoms with Crippen molar-refractivity contribution in [1.82, 2.24) is 24.1 Å². The van der Waals surface area contributed by atoms with Crippen molar-refractivity contribution in [3.05, 3.63) is 70.6 Å². The van der Waals surface area contributed by atoms with Crippen LogP contribution in [0.25, 0.3) is 11.5 Å². The van der Waals surface area contributed by atoms with E-state index in [2.05, 4.69) is 15.1 Å². The molecule has 1 aromatic carbocycles. The Morgan fingerprint density at radius 2 is 1.71 bits per heavy atom. The Kier molecular flexibility index (Phi) is 6.45. The molecule has 0 aliphatic rings. The van der Waals surface area contributed by atoms with Crippen LogP contribution in [0.15, 0.2) is 36.4 Å². The van der Waals surface area contributed by atoms with E-state index >= 15 is 0 Å². The smallest absolute Gasteiger partial charge is 0.314 e. The van der Waals surface area contributed by atoms with Gasteiger partial charge in [-0.1, -0.05) is 0 Å². The van der Waals surface area contributed by atoms with Crippen LogP contribution in [0, 0.1) is 27.7 Å². The Balaban J connectivity index is 1.42. The van der Waals surface area contributed by atoms with Crippen molar-refractivity contribution in [1.29, 1.82) is 0 Å². The maximum atomic E-state index is 12.8. The summed E-state index contributed by atoms with van der Waals surface area (Å²) in [5, 5.41) is 4.30. The molecule has 176 valence electrons. The van der Waals surface area contributed by atoms with Crippen LogP contribution in [0.2, 0.25) is 0 Å². The number of ketones is 1. The van der Waals surface area contributed by atoms with Gasteiger partial charge in [-0.2, -0.15) is 4.98 Å². The molecule has 4 aromatic rings. The van der Waals surface area contributed by atoms with E-state index in [0.717, 1.165) is 34.2 Å². The maximum Gasteiger partial charge on any atom is 0.314 e. The van der Waals surface area contributed by atoms with E-state index in [9.17, 15) is 9.59 Å². The highest BCUT2D eigenvalue weighted by molar-refractivity contribution is 5.99. The zero-order valence-corrected chi connectivity index (χ0v) is 20.0. The second-order valence-corrected chi connectivity index (χ2v) is 8.09. The molecule has 0 aliphatic carbocycles. The monoisotopic (exact) mass is 461 g/mol. The highest BCUT2D eigenvalue weighted by atomic mass is 16.5. The van der Waals surface area contributed by atoms with E-state index in [1.165, 1.54) is 0 Å². The fourth-order valence-corrected chi connectivity index (χ4v) is 3.99. The number of Topliss-reactive ketones (excluding diaryl/α,β-unsaturated/α-hetero) is 1. The van der Waals surface area contributed by atoms with E-state index in [1.807, 2.05) is 75.6 Å². The minimum absolute atomic E-state index is 0.139. The molecule has 9 nitrogen and oxygen atoms in total. The lowest BCUT2D eigenvalue weighted by Crippen LogP contribution is -2.16. The van der Waals surface area contributed by atoms with E-state index in [0.29, 0.717) is 23.8 Å². The number of esters is 1. The van der Waals surface area contributed by atoms with Gasteiger partial charge in [-0.05, 0) is 71.0 Å². The summed E-state index contributed by atoms with van der Waals surface area (Å²) in [5.41, 5.74) is 4.81. The zero-order valence-electron chi connectivity index (χ0n) is 20.0. The van der Waals surface area contributed by atoms with Crippen LogP contribution in [-0.2, 0) is 16.0 Å². The molecule has 3 heterocycles. The molecule has 0 radical (unpaired) electrons. The number of carbonyl (C=O) groups excluding carboxylic acids is 2. The van der Waals surface area contributed by atoms with E-state index < -0.39 is 5.97 Å². The van der Waals surface area contributed by atoms with Gasteiger partial charge in [-0.15, -0.1) is 5.10 Å². The first-order valence-electron chi connectivity index (χ1n) is 11.1. The molecular formula is C25H27N5O4. The third kappa shape index (κ3) is 4.68. The summed E-state index contributed by atoms with van der Waals surface area (Å²) in [6.45, 7) is 9.74. The molecule has 0 N–H and O–H groups in total. The molecule has 0 atom stereocenters. The van der Waals surface area contributed by atoms with E-state index in [-0.39, 0.29) is 18.8 Å². The number of hydrogen-bond donors (Lipinski definition) is 0. The SMILES string of the molecule is CCOc1ccc(-n2c(C)cc(C(=O)COC(=O)Cc3nc4nc(C)cc(C)n4n3)c2C)cc1. The van der Waals surface area contributed by atoms with Gasteiger partial charge in [0, 0.05) is 34.0 Å². The zero-order chi connectivity index (χ0) is 24.4. The Bertz CT molecular complexity index is 1370. The van der Waals surface area contributed by atoms with Gasteiger partial charge >= 0.3 is 5.97 Å². The van der Waals surface area contributed by atoms with Crippen LogP contribution in [-0.4, -0.2) is 49.1 Å². The van der Waals surface area contributed by atoms with E-state index in [1.54, 1.807) is 4.52 Å². The molecule has 0 saturated heterocycles. The lowest BCUT2D eigenvalue weighted by molar-refractivity contribution is -0.141. The second kappa shape index (κ2) is 9.46. The molecule has 9 heteroatoms. The largest absolute Gasteiger partial charge is 0.494 e. The molecule has 4 rings (SSSR count). The highest BCUT2D eigenvalue weighted by Crippen LogP contribution is 2.23. The summed E-state index contributed by atoms with van der Waals surface area (Å²) >= 11 is 0. The quantitative estimate of drug-likeness (QED) is 0.292. The highest BCUT2D eigenvalue weighted by Gasteiger charge is 2.19. The Hall–Kier alpha value is -4.01. The molecule has 0 saturated carbocycles. The predicted octanol–water partition coefficient (Wildman–Crippen LogP) is 3.52. The van der Waals surface area contributed by atoms with Crippen molar-refractivity contribution in [3.63, 3.8) is 0 Å². The topological polar surface area (TPSA) is 101 Å². The van der Waals surface area contributed by atoms with Crippen LogP contribution in [0.5, 0.6) is 5.75 Å². The fraction of sp³-hybridized carbons (Fsp3) is 0.320. The molecule has 3 aromatic heterocycles. The van der Waals surface area contributed by atoms with Crippen molar-refractivity contribution < 1.29 is 19.1 Å². The number of hydrogen-bond acceptors (Lipinski definition) is 7. The summed E-state index contributed by atoms with van der Waals surface area (Å²) in [7, 11) is 0. The minimum atomic E-state index is -0.570. The number of ether oxygens (including phenoxy) is 2. The lowest BCUT2D eigenvalue weighted by Gasteiger charge is -2.11. The summed E-state index contributed by atoms with van der Waals surface area (Å²) in [4.78, 5) is 33.8. The van der Waals surface area contributed by atoms with Gasteiger partial charge in [0.25, 0.3) is 5.78 Å². The van der Waals surface area contributed by atoms with Gasteiger partial charge in [0.05, 0.1) is 6.61 Å². The molecule has 0 unspecified atom stereocenters. The Morgan fingerprint density at radius 3 is 2.41 bits per heavy atom. The first kappa shape index (κ1) is 23.2. The van der Waals surface area contributed by atoms with E-state index in [4.69, 9.17) is 9.47 Å². The van der Waals surface area contributed by atoms with Gasteiger partial charge in [-0.3, -0.25) is 9.59 Å². The van der Waals surface area contributed by atoms with Crippen molar-refractivity contribution >= 4 is 17.5 Å². The van der Waals surface area contributed by atoms with Crippen LogP contribution in [0.1, 0.15) is 45.9 Å². The molecule has 0 amide bonds.